The lowest BCUT2D eigenvalue weighted by Gasteiger charge is -2.18. The second-order valence-electron chi connectivity index (χ2n) is 7.91. The first-order chi connectivity index (χ1) is 14.8. The monoisotopic (exact) mass is 442 g/mol. The largest absolute Gasteiger partial charge is 0.488 e. The minimum absolute atomic E-state index is 0.0820. The first-order valence-corrected chi connectivity index (χ1v) is 10.9. The molecule has 1 saturated carbocycles. The van der Waals surface area contributed by atoms with Gasteiger partial charge in [0, 0.05) is 12.5 Å². The second kappa shape index (κ2) is 8.58. The van der Waals surface area contributed by atoms with Gasteiger partial charge in [0.05, 0.1) is 22.1 Å². The number of hydrogen-bond acceptors (Lipinski definition) is 7. The molecule has 2 aromatic heterocycles. The number of rotatable bonds is 7. The smallest absolute Gasteiger partial charge is 0.259 e. The van der Waals surface area contributed by atoms with Crippen LogP contribution >= 0.6 is 11.3 Å². The summed E-state index contributed by atoms with van der Waals surface area (Å²) in [6, 6.07) is 4.28. The molecule has 9 heteroatoms. The van der Waals surface area contributed by atoms with Crippen molar-refractivity contribution in [2.45, 2.75) is 45.6 Å². The summed E-state index contributed by atoms with van der Waals surface area (Å²) in [7, 11) is 0. The van der Waals surface area contributed by atoms with Gasteiger partial charge in [-0.3, -0.25) is 4.79 Å². The van der Waals surface area contributed by atoms with Crippen LogP contribution in [-0.4, -0.2) is 27.8 Å². The molecule has 2 atom stereocenters. The Balaban J connectivity index is 1.62. The lowest BCUT2D eigenvalue weighted by molar-refractivity contribution is -0.117. The number of aromatic nitrogens is 2. The van der Waals surface area contributed by atoms with Crippen LogP contribution in [0.2, 0.25) is 0 Å². The molecular weight excluding hydrogens is 419 g/mol. The van der Waals surface area contributed by atoms with Gasteiger partial charge in [-0.1, -0.05) is 0 Å². The SMILES string of the molecule is CC(=O)C[C@H]1CC[C@H](Oc2cc(F)ccc2Nc2ncnc3sc(C(N)=O)c(C)c23)C1. The molecule has 1 aliphatic rings. The van der Waals surface area contributed by atoms with Crippen LogP contribution in [0.15, 0.2) is 24.5 Å². The number of anilines is 2. The number of thiophene rings is 1. The Labute approximate surface area is 182 Å². The van der Waals surface area contributed by atoms with E-state index in [4.69, 9.17) is 10.5 Å². The number of ketones is 1. The predicted molar refractivity (Wildman–Crippen MR) is 117 cm³/mol. The summed E-state index contributed by atoms with van der Waals surface area (Å²) in [5, 5.41) is 3.90. The Morgan fingerprint density at radius 1 is 1.32 bits per heavy atom. The molecule has 1 amide bonds. The molecule has 0 unspecified atom stereocenters. The fourth-order valence-corrected chi connectivity index (χ4v) is 5.13. The lowest BCUT2D eigenvalue weighted by Crippen LogP contribution is -2.14. The number of carbonyl (C=O) groups is 2. The number of halogens is 1. The molecule has 3 N–H and O–H groups in total. The number of ether oxygens (including phenoxy) is 1. The van der Waals surface area contributed by atoms with Crippen LogP contribution in [0.3, 0.4) is 0 Å². The number of aryl methyl sites for hydroxylation is 1. The topological polar surface area (TPSA) is 107 Å². The molecule has 1 aliphatic carbocycles. The van der Waals surface area contributed by atoms with Gasteiger partial charge in [0.2, 0.25) is 0 Å². The van der Waals surface area contributed by atoms with Gasteiger partial charge in [-0.05, 0) is 56.7 Å². The molecule has 1 fully saturated rings. The van der Waals surface area contributed by atoms with Gasteiger partial charge in [0.1, 0.15) is 34.3 Å². The lowest BCUT2D eigenvalue weighted by atomic mass is 10.0. The van der Waals surface area contributed by atoms with Crippen molar-refractivity contribution in [3.63, 3.8) is 0 Å². The van der Waals surface area contributed by atoms with E-state index in [1.54, 1.807) is 19.9 Å². The van der Waals surface area contributed by atoms with E-state index >= 15 is 0 Å². The van der Waals surface area contributed by atoms with Gasteiger partial charge >= 0.3 is 0 Å². The van der Waals surface area contributed by atoms with E-state index in [1.165, 1.54) is 29.8 Å². The van der Waals surface area contributed by atoms with Gasteiger partial charge in [0.15, 0.2) is 0 Å². The van der Waals surface area contributed by atoms with Crippen molar-refractivity contribution in [1.29, 1.82) is 0 Å². The summed E-state index contributed by atoms with van der Waals surface area (Å²) >= 11 is 1.21. The van der Waals surface area contributed by atoms with E-state index in [2.05, 4.69) is 15.3 Å². The summed E-state index contributed by atoms with van der Waals surface area (Å²) < 4.78 is 20.1. The molecule has 0 spiro atoms. The van der Waals surface area contributed by atoms with Crippen molar-refractivity contribution >= 4 is 44.7 Å². The number of hydrogen-bond donors (Lipinski definition) is 2. The summed E-state index contributed by atoms with van der Waals surface area (Å²) in [6.07, 6.45) is 4.36. The summed E-state index contributed by atoms with van der Waals surface area (Å²) in [4.78, 5) is 32.7. The second-order valence-corrected chi connectivity index (χ2v) is 8.91. The van der Waals surface area contributed by atoms with Gasteiger partial charge in [-0.25, -0.2) is 14.4 Å². The average molecular weight is 443 g/mol. The van der Waals surface area contributed by atoms with Crippen LogP contribution in [-0.2, 0) is 4.79 Å². The first kappa shape index (κ1) is 21.2. The van der Waals surface area contributed by atoms with Crippen LogP contribution in [0.4, 0.5) is 15.9 Å². The van der Waals surface area contributed by atoms with Gasteiger partial charge in [-0.2, -0.15) is 0 Å². The zero-order chi connectivity index (χ0) is 22.1. The molecule has 0 radical (unpaired) electrons. The van der Waals surface area contributed by atoms with E-state index in [-0.39, 0.29) is 11.9 Å². The third kappa shape index (κ3) is 4.51. The highest BCUT2D eigenvalue weighted by molar-refractivity contribution is 7.20. The zero-order valence-electron chi connectivity index (χ0n) is 17.3. The maximum atomic E-state index is 14.0. The van der Waals surface area contributed by atoms with Gasteiger partial charge in [-0.15, -0.1) is 11.3 Å². The Kier molecular flexibility index (Phi) is 5.86. The third-order valence-corrected chi connectivity index (χ3v) is 6.72. The molecule has 2 heterocycles. The number of nitrogens with zero attached hydrogens (tertiary/aromatic N) is 2. The molecule has 0 bridgehead atoms. The Hall–Kier alpha value is -3.07. The van der Waals surface area contributed by atoms with Crippen LogP contribution in [0.25, 0.3) is 10.2 Å². The number of carbonyl (C=O) groups excluding carboxylic acids is 2. The van der Waals surface area contributed by atoms with Crippen LogP contribution in [0.1, 0.15) is 47.8 Å². The zero-order valence-corrected chi connectivity index (χ0v) is 18.1. The van der Waals surface area contributed by atoms with E-state index in [9.17, 15) is 14.0 Å². The maximum Gasteiger partial charge on any atom is 0.259 e. The molecule has 0 saturated heterocycles. The minimum Gasteiger partial charge on any atom is -0.488 e. The number of primary amides is 1. The van der Waals surface area contributed by atoms with Crippen molar-refractivity contribution < 1.29 is 18.7 Å². The van der Waals surface area contributed by atoms with Gasteiger partial charge in [0.25, 0.3) is 5.91 Å². The molecular formula is C22H23FN4O3S. The van der Waals surface area contributed by atoms with Crippen molar-refractivity contribution in [2.75, 3.05) is 5.32 Å². The van der Waals surface area contributed by atoms with Crippen molar-refractivity contribution in [2.24, 2.45) is 11.7 Å². The molecule has 31 heavy (non-hydrogen) atoms. The van der Waals surface area contributed by atoms with Crippen LogP contribution < -0.4 is 15.8 Å². The quantitative estimate of drug-likeness (QED) is 0.558. The maximum absolute atomic E-state index is 14.0. The molecule has 4 rings (SSSR count). The first-order valence-electron chi connectivity index (χ1n) is 10.1. The van der Waals surface area contributed by atoms with Crippen molar-refractivity contribution in [3.05, 3.63) is 40.8 Å². The van der Waals surface area contributed by atoms with Crippen molar-refractivity contribution in [3.8, 4) is 5.75 Å². The summed E-state index contributed by atoms with van der Waals surface area (Å²) in [5.41, 5.74) is 6.73. The highest BCUT2D eigenvalue weighted by Crippen LogP contribution is 2.38. The number of fused-ring (bicyclic) bond motifs is 1. The average Bonchev–Trinajstić information content (AvgIpc) is 3.28. The van der Waals surface area contributed by atoms with E-state index in [0.29, 0.717) is 50.3 Å². The number of nitrogens with one attached hydrogen (secondary N) is 1. The number of nitrogens with two attached hydrogens (primary N) is 1. The van der Waals surface area contributed by atoms with Crippen molar-refractivity contribution in [1.82, 2.24) is 9.97 Å². The molecule has 3 aromatic rings. The number of Topliss-reactive ketones (excluding diaryl/α,β-unsaturated/α-hetero) is 1. The standard InChI is InChI=1S/C22H23FN4O3S/c1-11(28)7-13-3-5-15(8-13)30-17-9-14(23)4-6-16(17)27-21-18-12(2)19(20(24)29)31-22(18)26-10-25-21/h4,6,9-10,13,15H,3,5,7-8H2,1-2H3,(H2,24,29)(H,25,26,27)/t13-,15+/m1/s1. The van der Waals surface area contributed by atoms with Crippen LogP contribution in [0.5, 0.6) is 5.75 Å². The minimum atomic E-state index is -0.515. The highest BCUT2D eigenvalue weighted by Gasteiger charge is 2.28. The molecule has 1 aromatic carbocycles. The normalized spacial score (nSPS) is 18.3. The highest BCUT2D eigenvalue weighted by atomic mass is 32.1. The van der Waals surface area contributed by atoms with E-state index < -0.39 is 11.7 Å². The number of benzene rings is 1. The van der Waals surface area contributed by atoms with E-state index in [0.717, 1.165) is 19.3 Å². The fourth-order valence-electron chi connectivity index (χ4n) is 4.13. The third-order valence-electron chi connectivity index (χ3n) is 5.51. The summed E-state index contributed by atoms with van der Waals surface area (Å²) in [5.74, 6) is 0.419. The number of amides is 1. The molecule has 162 valence electrons. The predicted octanol–water partition coefficient (Wildman–Crippen LogP) is 4.51. The van der Waals surface area contributed by atoms with Gasteiger partial charge < -0.3 is 20.6 Å². The Bertz CT molecular complexity index is 1160. The van der Waals surface area contributed by atoms with Crippen LogP contribution in [0, 0.1) is 18.7 Å². The van der Waals surface area contributed by atoms with E-state index in [1.807, 2.05) is 0 Å². The summed E-state index contributed by atoms with van der Waals surface area (Å²) in [6.45, 7) is 3.39. The fraction of sp³-hybridized carbons (Fsp3) is 0.364. The Morgan fingerprint density at radius 2 is 2.13 bits per heavy atom. The molecule has 0 aliphatic heterocycles. The Morgan fingerprint density at radius 3 is 2.87 bits per heavy atom. The molecule has 7 nitrogen and oxygen atoms in total.